The molecule has 2 bridgehead atoms. The zero-order valence-electron chi connectivity index (χ0n) is 14.6. The number of hydrogen-bond acceptors (Lipinski definition) is 4. The number of halogens is 1. The van der Waals surface area contributed by atoms with Crippen molar-refractivity contribution in [2.75, 3.05) is 50.7 Å². The van der Waals surface area contributed by atoms with E-state index in [1.807, 2.05) is 18.3 Å². The second-order valence-corrected chi connectivity index (χ2v) is 8.16. The van der Waals surface area contributed by atoms with Gasteiger partial charge in [0.05, 0.1) is 5.52 Å². The molecule has 5 heterocycles. The van der Waals surface area contributed by atoms with Crippen molar-refractivity contribution in [3.63, 3.8) is 0 Å². The summed E-state index contributed by atoms with van der Waals surface area (Å²) in [4.78, 5) is 12.4. The molecule has 4 nitrogen and oxygen atoms in total. The summed E-state index contributed by atoms with van der Waals surface area (Å²) in [6, 6.07) is 8.99. The van der Waals surface area contributed by atoms with Crippen molar-refractivity contribution in [2.45, 2.75) is 18.9 Å². The van der Waals surface area contributed by atoms with Crippen LogP contribution in [0.2, 0.25) is 5.02 Å². The molecule has 0 saturated carbocycles. The Morgan fingerprint density at radius 2 is 1.76 bits per heavy atom. The van der Waals surface area contributed by atoms with Crippen LogP contribution >= 0.6 is 11.6 Å². The summed E-state index contributed by atoms with van der Waals surface area (Å²) >= 11 is 6.13. The van der Waals surface area contributed by atoms with E-state index in [-0.39, 0.29) is 0 Å². The van der Waals surface area contributed by atoms with Gasteiger partial charge in [0.25, 0.3) is 0 Å². The lowest BCUT2D eigenvalue weighted by molar-refractivity contribution is 0.00313. The summed E-state index contributed by atoms with van der Waals surface area (Å²) in [5, 5.41) is 1.97. The average molecular weight is 357 g/mol. The summed E-state index contributed by atoms with van der Waals surface area (Å²) < 4.78 is 0. The molecule has 4 aliphatic rings. The number of pyridine rings is 1. The lowest BCUT2D eigenvalue weighted by atomic mass is 9.83. The van der Waals surface area contributed by atoms with E-state index in [1.54, 1.807) is 0 Å². The van der Waals surface area contributed by atoms with E-state index in [0.717, 1.165) is 35.6 Å². The maximum absolute atomic E-state index is 6.13. The van der Waals surface area contributed by atoms with E-state index < -0.39 is 0 Å². The van der Waals surface area contributed by atoms with E-state index in [4.69, 9.17) is 11.6 Å². The van der Waals surface area contributed by atoms with Crippen LogP contribution in [0.25, 0.3) is 10.9 Å². The fourth-order valence-corrected chi connectivity index (χ4v) is 5.19. The first kappa shape index (κ1) is 15.9. The Morgan fingerprint density at radius 3 is 2.48 bits per heavy atom. The van der Waals surface area contributed by atoms with Crippen LogP contribution in [-0.2, 0) is 0 Å². The number of benzene rings is 1. The predicted octanol–water partition coefficient (Wildman–Crippen LogP) is 3.10. The third-order valence-electron chi connectivity index (χ3n) is 6.43. The Kier molecular flexibility index (Phi) is 4.07. The topological polar surface area (TPSA) is 22.6 Å². The quantitative estimate of drug-likeness (QED) is 0.824. The van der Waals surface area contributed by atoms with Crippen molar-refractivity contribution in [1.29, 1.82) is 0 Å². The van der Waals surface area contributed by atoms with E-state index in [9.17, 15) is 0 Å². The number of nitrogens with zero attached hydrogens (tertiary/aromatic N) is 4. The van der Waals surface area contributed by atoms with Gasteiger partial charge in [-0.3, -0.25) is 9.88 Å². The van der Waals surface area contributed by atoms with Gasteiger partial charge in [0.1, 0.15) is 0 Å². The number of fused-ring (bicyclic) bond motifs is 4. The highest BCUT2D eigenvalue weighted by Gasteiger charge is 2.38. The summed E-state index contributed by atoms with van der Waals surface area (Å²) in [6.45, 7) is 8.50. The number of aromatic nitrogens is 1. The number of anilines is 1. The number of piperidine rings is 3. The predicted molar refractivity (Wildman–Crippen MR) is 103 cm³/mol. The molecule has 0 aliphatic carbocycles. The van der Waals surface area contributed by atoms with Crippen molar-refractivity contribution in [2.24, 2.45) is 5.92 Å². The second kappa shape index (κ2) is 6.42. The molecule has 0 radical (unpaired) electrons. The van der Waals surface area contributed by atoms with Crippen molar-refractivity contribution < 1.29 is 0 Å². The minimum absolute atomic E-state index is 0.754. The highest BCUT2D eigenvalue weighted by atomic mass is 35.5. The van der Waals surface area contributed by atoms with Crippen LogP contribution in [0.1, 0.15) is 12.8 Å². The van der Waals surface area contributed by atoms with Crippen LogP contribution in [0, 0.1) is 5.92 Å². The normalized spacial score (nSPS) is 30.1. The number of rotatable bonds is 2. The van der Waals surface area contributed by atoms with Gasteiger partial charge in [-0.05, 0) is 56.1 Å². The molecule has 1 aromatic carbocycles. The Hall–Kier alpha value is -1.36. The van der Waals surface area contributed by atoms with Crippen LogP contribution in [-0.4, -0.2) is 66.6 Å². The molecule has 0 unspecified atom stereocenters. The van der Waals surface area contributed by atoms with E-state index in [2.05, 4.69) is 31.8 Å². The van der Waals surface area contributed by atoms with Gasteiger partial charge in [0, 0.05) is 61.1 Å². The Bertz CT molecular complexity index is 763. The average Bonchev–Trinajstić information content (AvgIpc) is 2.68. The third kappa shape index (κ3) is 2.90. The number of hydrogen-bond donors (Lipinski definition) is 0. The van der Waals surface area contributed by atoms with Crippen LogP contribution in [0.15, 0.2) is 30.5 Å². The summed E-state index contributed by atoms with van der Waals surface area (Å²) in [5.74, 6) is 0.931. The standard InChI is InChI=1S/C20H25ClN4/c21-16-1-2-17-18(13-16)22-6-3-19(17)24-9-11-25(12-10-24)20-14-23-7-4-15(20)5-8-23/h1-3,6,13,15,20H,4-5,7-12,14H2/t20-/m0/s1. The molecule has 132 valence electrons. The third-order valence-corrected chi connectivity index (χ3v) is 6.66. The Labute approximate surface area is 154 Å². The molecule has 2 aromatic rings. The summed E-state index contributed by atoms with van der Waals surface area (Å²) in [7, 11) is 0. The second-order valence-electron chi connectivity index (χ2n) is 7.72. The Balaban J connectivity index is 1.32. The minimum atomic E-state index is 0.754. The maximum Gasteiger partial charge on any atom is 0.0737 e. The molecule has 25 heavy (non-hydrogen) atoms. The van der Waals surface area contributed by atoms with E-state index in [0.29, 0.717) is 0 Å². The summed E-state index contributed by atoms with van der Waals surface area (Å²) in [5.41, 5.74) is 2.29. The van der Waals surface area contributed by atoms with Crippen LogP contribution in [0.3, 0.4) is 0 Å². The van der Waals surface area contributed by atoms with Crippen molar-refractivity contribution in [3.8, 4) is 0 Å². The molecule has 1 aromatic heterocycles. The Morgan fingerprint density at radius 1 is 0.960 bits per heavy atom. The van der Waals surface area contributed by atoms with E-state index in [1.165, 1.54) is 56.6 Å². The first-order valence-corrected chi connectivity index (χ1v) is 9.91. The SMILES string of the molecule is Clc1ccc2c(N3CCN([C@H]4CN5CCC4CC5)CC3)ccnc2c1. The molecule has 1 atom stereocenters. The lowest BCUT2D eigenvalue weighted by Crippen LogP contribution is -2.61. The van der Waals surface area contributed by atoms with Gasteiger partial charge in [-0.2, -0.15) is 0 Å². The first-order chi connectivity index (χ1) is 12.3. The van der Waals surface area contributed by atoms with Gasteiger partial charge in [-0.1, -0.05) is 11.6 Å². The largest absolute Gasteiger partial charge is 0.368 e. The van der Waals surface area contributed by atoms with Gasteiger partial charge < -0.3 is 9.80 Å². The molecule has 0 spiro atoms. The monoisotopic (exact) mass is 356 g/mol. The molecular formula is C20H25ClN4. The smallest absolute Gasteiger partial charge is 0.0737 e. The molecule has 4 aliphatic heterocycles. The van der Waals surface area contributed by atoms with Crippen LogP contribution in [0.4, 0.5) is 5.69 Å². The van der Waals surface area contributed by atoms with Crippen molar-refractivity contribution in [3.05, 3.63) is 35.5 Å². The molecule has 0 N–H and O–H groups in total. The zero-order valence-corrected chi connectivity index (χ0v) is 15.3. The fourth-order valence-electron chi connectivity index (χ4n) is 5.02. The fraction of sp³-hybridized carbons (Fsp3) is 0.550. The highest BCUT2D eigenvalue weighted by Crippen LogP contribution is 2.33. The molecule has 5 heteroatoms. The molecule has 0 amide bonds. The number of piperazine rings is 1. The lowest BCUT2D eigenvalue weighted by Gasteiger charge is -2.51. The zero-order chi connectivity index (χ0) is 16.8. The maximum atomic E-state index is 6.13. The van der Waals surface area contributed by atoms with Gasteiger partial charge in [0.2, 0.25) is 0 Å². The minimum Gasteiger partial charge on any atom is -0.368 e. The van der Waals surface area contributed by atoms with Crippen LogP contribution in [0.5, 0.6) is 0 Å². The van der Waals surface area contributed by atoms with Crippen LogP contribution < -0.4 is 4.90 Å². The van der Waals surface area contributed by atoms with Crippen molar-refractivity contribution >= 4 is 28.2 Å². The molecule has 4 fully saturated rings. The highest BCUT2D eigenvalue weighted by molar-refractivity contribution is 6.31. The van der Waals surface area contributed by atoms with Gasteiger partial charge in [-0.15, -0.1) is 0 Å². The van der Waals surface area contributed by atoms with Gasteiger partial charge in [0.15, 0.2) is 0 Å². The van der Waals surface area contributed by atoms with Gasteiger partial charge in [-0.25, -0.2) is 0 Å². The van der Waals surface area contributed by atoms with Gasteiger partial charge >= 0.3 is 0 Å². The molecule has 6 rings (SSSR count). The van der Waals surface area contributed by atoms with E-state index >= 15 is 0 Å². The molecular weight excluding hydrogens is 332 g/mol. The van der Waals surface area contributed by atoms with Crippen molar-refractivity contribution in [1.82, 2.24) is 14.8 Å². The first-order valence-electron chi connectivity index (χ1n) is 9.53. The summed E-state index contributed by atoms with van der Waals surface area (Å²) in [6.07, 6.45) is 4.72. The molecule has 4 saturated heterocycles.